The van der Waals surface area contributed by atoms with Crippen LogP contribution in [-0.4, -0.2) is 43.9 Å². The normalized spacial score (nSPS) is 11.6. The molecule has 1 aromatic carbocycles. The van der Waals surface area contributed by atoms with Crippen LogP contribution in [0.15, 0.2) is 59.9 Å². The summed E-state index contributed by atoms with van der Waals surface area (Å²) >= 11 is 0. The zero-order valence-corrected chi connectivity index (χ0v) is 17.6. The Balaban J connectivity index is 1.72. The summed E-state index contributed by atoms with van der Waals surface area (Å²) in [6.07, 6.45) is 5.44. The van der Waals surface area contributed by atoms with Gasteiger partial charge in [0.1, 0.15) is 5.75 Å². The number of nitrogens with one attached hydrogen (secondary N) is 1. The van der Waals surface area contributed by atoms with Gasteiger partial charge in [0.25, 0.3) is 5.56 Å². The van der Waals surface area contributed by atoms with E-state index in [0.717, 1.165) is 16.8 Å². The number of hydrogen-bond donors (Lipinski definition) is 2. The summed E-state index contributed by atoms with van der Waals surface area (Å²) in [4.78, 5) is 23.8. The van der Waals surface area contributed by atoms with Crippen molar-refractivity contribution >= 4 is 11.0 Å². The smallest absolute Gasteiger partial charge is 0.260 e. The second kappa shape index (κ2) is 8.23. The van der Waals surface area contributed by atoms with Gasteiger partial charge in [0.05, 0.1) is 36.7 Å². The molecule has 2 N–H and O–H groups in total. The van der Waals surface area contributed by atoms with Crippen molar-refractivity contribution in [1.29, 1.82) is 0 Å². The average Bonchev–Trinajstić information content (AvgIpc) is 3.14. The van der Waals surface area contributed by atoms with E-state index in [-0.39, 0.29) is 5.56 Å². The zero-order chi connectivity index (χ0) is 22.0. The van der Waals surface area contributed by atoms with E-state index in [1.165, 1.54) is 6.33 Å². The highest BCUT2D eigenvalue weighted by Crippen LogP contribution is 2.31. The van der Waals surface area contributed by atoms with E-state index in [4.69, 9.17) is 9.47 Å². The highest BCUT2D eigenvalue weighted by atomic mass is 16.5. The van der Waals surface area contributed by atoms with Gasteiger partial charge in [-0.1, -0.05) is 12.1 Å². The largest absolute Gasteiger partial charge is 0.493 e. The summed E-state index contributed by atoms with van der Waals surface area (Å²) < 4.78 is 12.8. The second-order valence-electron chi connectivity index (χ2n) is 7.83. The minimum absolute atomic E-state index is 0.217. The third-order valence-electron chi connectivity index (χ3n) is 4.94. The van der Waals surface area contributed by atoms with Crippen LogP contribution in [0.5, 0.6) is 11.6 Å². The minimum Gasteiger partial charge on any atom is -0.493 e. The molecule has 8 nitrogen and oxygen atoms in total. The molecule has 0 bridgehead atoms. The lowest BCUT2D eigenvalue weighted by molar-refractivity contribution is 0.0553. The van der Waals surface area contributed by atoms with E-state index in [9.17, 15) is 9.90 Å². The van der Waals surface area contributed by atoms with E-state index in [1.807, 2.05) is 41.1 Å². The first-order chi connectivity index (χ1) is 14.9. The van der Waals surface area contributed by atoms with Gasteiger partial charge in [-0.05, 0) is 37.6 Å². The Morgan fingerprint density at radius 1 is 1.16 bits per heavy atom. The fraction of sp³-hybridized carbons (Fsp3) is 0.261. The van der Waals surface area contributed by atoms with Crippen molar-refractivity contribution in [3.63, 3.8) is 0 Å². The van der Waals surface area contributed by atoms with E-state index in [1.54, 1.807) is 33.2 Å². The molecule has 0 saturated heterocycles. The molecule has 4 aromatic rings. The number of rotatable bonds is 7. The molecule has 0 saturated carbocycles. The summed E-state index contributed by atoms with van der Waals surface area (Å²) in [5, 5.41) is 10.3. The number of nitrogens with zero attached hydrogens (tertiary/aromatic N) is 3. The van der Waals surface area contributed by atoms with E-state index >= 15 is 0 Å². The fourth-order valence-corrected chi connectivity index (χ4v) is 3.30. The van der Waals surface area contributed by atoms with Crippen LogP contribution >= 0.6 is 0 Å². The molecule has 8 heteroatoms. The van der Waals surface area contributed by atoms with Crippen molar-refractivity contribution in [2.75, 3.05) is 13.7 Å². The molecule has 0 amide bonds. The van der Waals surface area contributed by atoms with Crippen LogP contribution in [0.4, 0.5) is 0 Å². The summed E-state index contributed by atoms with van der Waals surface area (Å²) in [6, 6.07) is 11.1. The molecule has 31 heavy (non-hydrogen) atoms. The topological polar surface area (TPSA) is 102 Å². The number of aromatic amines is 1. The van der Waals surface area contributed by atoms with Crippen LogP contribution in [-0.2, 0) is 0 Å². The summed E-state index contributed by atoms with van der Waals surface area (Å²) in [7, 11) is 1.55. The van der Waals surface area contributed by atoms with Crippen molar-refractivity contribution in [3.05, 3.63) is 65.5 Å². The van der Waals surface area contributed by atoms with Gasteiger partial charge in [0.15, 0.2) is 5.65 Å². The molecule has 0 spiro atoms. The maximum absolute atomic E-state index is 12.6. The average molecular weight is 420 g/mol. The first kappa shape index (κ1) is 20.6. The molecule has 4 rings (SSSR count). The summed E-state index contributed by atoms with van der Waals surface area (Å²) in [6.45, 7) is 3.91. The SMILES string of the molecule is COc1cc(-n2cc(-c3ccc(OCCC(C)(C)O)cc3)c3c(=O)[nH]cnc32)ccn1. The Morgan fingerprint density at radius 3 is 2.65 bits per heavy atom. The first-order valence-electron chi connectivity index (χ1n) is 9.90. The van der Waals surface area contributed by atoms with Gasteiger partial charge in [-0.2, -0.15) is 0 Å². The monoisotopic (exact) mass is 420 g/mol. The molecule has 0 fully saturated rings. The fourth-order valence-electron chi connectivity index (χ4n) is 3.30. The first-order valence-corrected chi connectivity index (χ1v) is 9.90. The van der Waals surface area contributed by atoms with Crippen molar-refractivity contribution in [3.8, 4) is 28.4 Å². The number of benzene rings is 1. The van der Waals surface area contributed by atoms with Gasteiger partial charge in [0, 0.05) is 30.4 Å². The van der Waals surface area contributed by atoms with Crippen LogP contribution < -0.4 is 15.0 Å². The Hall–Kier alpha value is -3.65. The predicted molar refractivity (Wildman–Crippen MR) is 118 cm³/mol. The Bertz CT molecular complexity index is 1250. The standard InChI is InChI=1S/C23H24N4O4/c1-23(2,29)9-11-31-17-6-4-15(5-7-17)18-13-27(16-8-10-24-19(12-16)30-3)21-20(18)22(28)26-14-25-21/h4-8,10,12-14,29H,9,11H2,1-3H3,(H,25,26,28). The van der Waals surface area contributed by atoms with Crippen LogP contribution in [0.1, 0.15) is 20.3 Å². The van der Waals surface area contributed by atoms with Gasteiger partial charge in [-0.25, -0.2) is 9.97 Å². The number of pyridine rings is 1. The molecule has 3 aromatic heterocycles. The molecule has 0 aliphatic rings. The number of methoxy groups -OCH3 is 1. The van der Waals surface area contributed by atoms with Gasteiger partial charge < -0.3 is 24.1 Å². The third-order valence-corrected chi connectivity index (χ3v) is 4.94. The van der Waals surface area contributed by atoms with E-state index < -0.39 is 5.60 Å². The maximum atomic E-state index is 12.6. The lowest BCUT2D eigenvalue weighted by atomic mass is 10.1. The number of ether oxygens (including phenoxy) is 2. The predicted octanol–water partition coefficient (Wildman–Crippen LogP) is 3.32. The Labute approximate surface area is 179 Å². The van der Waals surface area contributed by atoms with Crippen LogP contribution in [0.3, 0.4) is 0 Å². The molecule has 0 radical (unpaired) electrons. The maximum Gasteiger partial charge on any atom is 0.260 e. The minimum atomic E-state index is -0.772. The van der Waals surface area contributed by atoms with Crippen LogP contribution in [0.25, 0.3) is 27.8 Å². The third kappa shape index (κ3) is 4.44. The van der Waals surface area contributed by atoms with Gasteiger partial charge in [0.2, 0.25) is 5.88 Å². The Kier molecular flexibility index (Phi) is 5.48. The molecule has 0 aliphatic carbocycles. The molecule has 3 heterocycles. The van der Waals surface area contributed by atoms with Gasteiger partial charge in [-0.15, -0.1) is 0 Å². The molecule has 0 aliphatic heterocycles. The lowest BCUT2D eigenvalue weighted by Crippen LogP contribution is -2.21. The summed E-state index contributed by atoms with van der Waals surface area (Å²) in [5.41, 5.74) is 1.95. The van der Waals surface area contributed by atoms with E-state index in [0.29, 0.717) is 35.7 Å². The second-order valence-corrected chi connectivity index (χ2v) is 7.83. The molecular formula is C23H24N4O4. The lowest BCUT2D eigenvalue weighted by Gasteiger charge is -2.17. The highest BCUT2D eigenvalue weighted by molar-refractivity contribution is 5.94. The number of fused-ring (bicyclic) bond motifs is 1. The van der Waals surface area contributed by atoms with Crippen molar-refractivity contribution < 1.29 is 14.6 Å². The number of H-pyrrole nitrogens is 1. The van der Waals surface area contributed by atoms with Crippen molar-refractivity contribution in [1.82, 2.24) is 19.5 Å². The quantitative estimate of drug-likeness (QED) is 0.476. The molecule has 160 valence electrons. The zero-order valence-electron chi connectivity index (χ0n) is 17.6. The highest BCUT2D eigenvalue weighted by Gasteiger charge is 2.17. The van der Waals surface area contributed by atoms with Gasteiger partial charge in [-0.3, -0.25) is 4.79 Å². The van der Waals surface area contributed by atoms with Crippen LogP contribution in [0.2, 0.25) is 0 Å². The molecular weight excluding hydrogens is 396 g/mol. The van der Waals surface area contributed by atoms with Crippen molar-refractivity contribution in [2.45, 2.75) is 25.9 Å². The number of hydrogen-bond acceptors (Lipinski definition) is 6. The van der Waals surface area contributed by atoms with E-state index in [2.05, 4.69) is 15.0 Å². The molecule has 0 atom stereocenters. The van der Waals surface area contributed by atoms with Crippen LogP contribution in [0, 0.1) is 0 Å². The Morgan fingerprint density at radius 2 is 1.94 bits per heavy atom. The van der Waals surface area contributed by atoms with Crippen molar-refractivity contribution in [2.24, 2.45) is 0 Å². The number of aromatic nitrogens is 4. The number of aliphatic hydroxyl groups is 1. The summed E-state index contributed by atoms with van der Waals surface area (Å²) in [5.74, 6) is 1.17. The van der Waals surface area contributed by atoms with Gasteiger partial charge >= 0.3 is 0 Å². The molecule has 0 unspecified atom stereocenters.